The van der Waals surface area contributed by atoms with Crippen LogP contribution in [0, 0.1) is 0 Å². The third kappa shape index (κ3) is 4.28. The van der Waals surface area contributed by atoms with E-state index in [1.165, 1.54) is 0 Å². The average Bonchev–Trinajstić information content (AvgIpc) is 2.15. The van der Waals surface area contributed by atoms with Gasteiger partial charge in [-0.1, -0.05) is 0 Å². The molecular formula is C13H26N2O2. The first-order valence-corrected chi connectivity index (χ1v) is 6.57. The van der Waals surface area contributed by atoms with Gasteiger partial charge in [0.2, 0.25) is 5.91 Å². The van der Waals surface area contributed by atoms with E-state index in [0.29, 0.717) is 6.54 Å². The fourth-order valence-electron chi connectivity index (χ4n) is 2.48. The van der Waals surface area contributed by atoms with E-state index >= 15 is 0 Å². The van der Waals surface area contributed by atoms with Gasteiger partial charge in [-0.3, -0.25) is 9.69 Å². The minimum Gasteiger partial charge on any atom is -0.376 e. The molecule has 4 heteroatoms. The van der Waals surface area contributed by atoms with Crippen LogP contribution in [0.4, 0.5) is 0 Å². The maximum atomic E-state index is 12.2. The lowest BCUT2D eigenvalue weighted by Crippen LogP contribution is -2.50. The van der Waals surface area contributed by atoms with Crippen molar-refractivity contribution in [2.45, 2.75) is 52.8 Å². The Morgan fingerprint density at radius 1 is 1.35 bits per heavy atom. The predicted molar refractivity (Wildman–Crippen MR) is 69.0 cm³/mol. The van der Waals surface area contributed by atoms with Crippen LogP contribution in [0.15, 0.2) is 0 Å². The van der Waals surface area contributed by atoms with E-state index < -0.39 is 0 Å². The van der Waals surface area contributed by atoms with E-state index in [4.69, 9.17) is 4.74 Å². The van der Waals surface area contributed by atoms with Crippen LogP contribution in [0.3, 0.4) is 0 Å². The predicted octanol–water partition coefficient (Wildman–Crippen LogP) is 1.35. The highest BCUT2D eigenvalue weighted by Crippen LogP contribution is 2.09. The number of amides is 1. The second-order valence-electron chi connectivity index (χ2n) is 5.41. The monoisotopic (exact) mass is 242 g/mol. The van der Waals surface area contributed by atoms with E-state index in [1.807, 2.05) is 4.90 Å². The van der Waals surface area contributed by atoms with E-state index in [-0.39, 0.29) is 24.1 Å². The SMILES string of the molecule is CC1CN(CC(=O)N(C(C)C)C(C)C)CCO1. The number of ether oxygens (including phenoxy) is 1. The summed E-state index contributed by atoms with van der Waals surface area (Å²) in [6.07, 6.45) is 0.239. The number of hydrogen-bond acceptors (Lipinski definition) is 3. The molecule has 1 saturated heterocycles. The summed E-state index contributed by atoms with van der Waals surface area (Å²) in [7, 11) is 0. The van der Waals surface area contributed by atoms with Crippen molar-refractivity contribution in [3.8, 4) is 0 Å². The average molecular weight is 242 g/mol. The van der Waals surface area contributed by atoms with Gasteiger partial charge in [-0.2, -0.15) is 0 Å². The molecule has 0 radical (unpaired) electrons. The van der Waals surface area contributed by atoms with Gasteiger partial charge in [-0.15, -0.1) is 0 Å². The summed E-state index contributed by atoms with van der Waals surface area (Å²) in [4.78, 5) is 16.4. The molecule has 0 aromatic carbocycles. The Kier molecular flexibility index (Phi) is 5.40. The summed E-state index contributed by atoms with van der Waals surface area (Å²) in [6, 6.07) is 0.530. The first-order valence-electron chi connectivity index (χ1n) is 6.57. The third-order valence-corrected chi connectivity index (χ3v) is 3.08. The van der Waals surface area contributed by atoms with Gasteiger partial charge in [-0.05, 0) is 34.6 Å². The second-order valence-corrected chi connectivity index (χ2v) is 5.41. The van der Waals surface area contributed by atoms with Gasteiger partial charge in [0.1, 0.15) is 0 Å². The van der Waals surface area contributed by atoms with Crippen molar-refractivity contribution in [3.05, 3.63) is 0 Å². The Morgan fingerprint density at radius 3 is 2.41 bits per heavy atom. The molecule has 1 fully saturated rings. The standard InChI is InChI=1S/C13H26N2O2/c1-10(2)15(11(3)4)13(16)9-14-6-7-17-12(5)8-14/h10-12H,6-9H2,1-5H3. The van der Waals surface area contributed by atoms with Crippen molar-refractivity contribution >= 4 is 5.91 Å². The normalized spacial score (nSPS) is 22.2. The summed E-state index contributed by atoms with van der Waals surface area (Å²) >= 11 is 0. The molecule has 0 aliphatic carbocycles. The van der Waals surface area contributed by atoms with Crippen molar-refractivity contribution in [1.82, 2.24) is 9.80 Å². The highest BCUT2D eigenvalue weighted by atomic mass is 16.5. The van der Waals surface area contributed by atoms with Gasteiger partial charge in [0, 0.05) is 25.2 Å². The molecule has 0 bridgehead atoms. The lowest BCUT2D eigenvalue weighted by Gasteiger charge is -2.35. The maximum Gasteiger partial charge on any atom is 0.237 e. The lowest BCUT2D eigenvalue weighted by atomic mass is 10.2. The maximum absolute atomic E-state index is 12.2. The number of nitrogens with zero attached hydrogens (tertiary/aromatic N) is 2. The van der Waals surface area contributed by atoms with Crippen LogP contribution >= 0.6 is 0 Å². The van der Waals surface area contributed by atoms with Gasteiger partial charge in [0.25, 0.3) is 0 Å². The molecule has 0 aromatic rings. The van der Waals surface area contributed by atoms with Crippen LogP contribution in [0.5, 0.6) is 0 Å². The molecule has 1 rings (SSSR count). The number of carbonyl (C=O) groups is 1. The second kappa shape index (κ2) is 6.36. The van der Waals surface area contributed by atoms with Crippen LogP contribution in [-0.4, -0.2) is 60.1 Å². The van der Waals surface area contributed by atoms with Crippen molar-refractivity contribution in [3.63, 3.8) is 0 Å². The molecule has 0 N–H and O–H groups in total. The first-order chi connectivity index (χ1) is 7.91. The van der Waals surface area contributed by atoms with E-state index in [0.717, 1.165) is 19.7 Å². The van der Waals surface area contributed by atoms with Crippen LogP contribution in [0.2, 0.25) is 0 Å². The van der Waals surface area contributed by atoms with Crippen LogP contribution in [0.1, 0.15) is 34.6 Å². The number of carbonyl (C=O) groups excluding carboxylic acids is 1. The van der Waals surface area contributed by atoms with Crippen LogP contribution < -0.4 is 0 Å². The molecule has 1 aliphatic heterocycles. The molecule has 1 unspecified atom stereocenters. The molecule has 0 spiro atoms. The van der Waals surface area contributed by atoms with Crippen LogP contribution in [-0.2, 0) is 9.53 Å². The lowest BCUT2D eigenvalue weighted by molar-refractivity contribution is -0.137. The number of rotatable bonds is 4. The summed E-state index contributed by atoms with van der Waals surface area (Å²) in [5, 5.41) is 0. The number of hydrogen-bond donors (Lipinski definition) is 0. The Hall–Kier alpha value is -0.610. The van der Waals surface area contributed by atoms with Crippen molar-refractivity contribution in [2.75, 3.05) is 26.2 Å². The largest absolute Gasteiger partial charge is 0.376 e. The summed E-state index contributed by atoms with van der Waals surface area (Å²) in [6.45, 7) is 13.3. The highest BCUT2D eigenvalue weighted by molar-refractivity contribution is 5.78. The van der Waals surface area contributed by atoms with E-state index in [2.05, 4.69) is 39.5 Å². The Morgan fingerprint density at radius 2 is 1.94 bits per heavy atom. The molecule has 1 atom stereocenters. The van der Waals surface area contributed by atoms with Gasteiger partial charge in [0.05, 0.1) is 19.3 Å². The fraction of sp³-hybridized carbons (Fsp3) is 0.923. The van der Waals surface area contributed by atoms with E-state index in [9.17, 15) is 4.79 Å². The zero-order valence-corrected chi connectivity index (χ0v) is 11.8. The van der Waals surface area contributed by atoms with Crippen molar-refractivity contribution < 1.29 is 9.53 Å². The van der Waals surface area contributed by atoms with Crippen molar-refractivity contribution in [2.24, 2.45) is 0 Å². The Bertz CT molecular complexity index is 246. The smallest absolute Gasteiger partial charge is 0.237 e. The van der Waals surface area contributed by atoms with Gasteiger partial charge in [-0.25, -0.2) is 0 Å². The van der Waals surface area contributed by atoms with Gasteiger partial charge >= 0.3 is 0 Å². The minimum atomic E-state index is 0.226. The first kappa shape index (κ1) is 14.5. The molecule has 4 nitrogen and oxygen atoms in total. The molecule has 0 aromatic heterocycles. The zero-order chi connectivity index (χ0) is 13.0. The van der Waals surface area contributed by atoms with Crippen molar-refractivity contribution in [1.29, 1.82) is 0 Å². The third-order valence-electron chi connectivity index (χ3n) is 3.08. The Labute approximate surface area is 105 Å². The summed E-state index contributed by atoms with van der Waals surface area (Å²) in [5.74, 6) is 0.226. The minimum absolute atomic E-state index is 0.226. The molecule has 100 valence electrons. The van der Waals surface area contributed by atoms with Gasteiger partial charge in [0.15, 0.2) is 0 Å². The molecular weight excluding hydrogens is 216 g/mol. The van der Waals surface area contributed by atoms with Gasteiger partial charge < -0.3 is 9.64 Å². The number of morpholine rings is 1. The fourth-order valence-corrected chi connectivity index (χ4v) is 2.48. The Balaban J connectivity index is 2.51. The highest BCUT2D eigenvalue weighted by Gasteiger charge is 2.24. The van der Waals surface area contributed by atoms with Crippen LogP contribution in [0.25, 0.3) is 0 Å². The molecule has 1 heterocycles. The summed E-state index contributed by atoms with van der Waals surface area (Å²) in [5.41, 5.74) is 0. The summed E-state index contributed by atoms with van der Waals surface area (Å²) < 4.78 is 5.48. The molecule has 0 saturated carbocycles. The zero-order valence-electron chi connectivity index (χ0n) is 11.8. The molecule has 1 aliphatic rings. The topological polar surface area (TPSA) is 32.8 Å². The van der Waals surface area contributed by atoms with E-state index in [1.54, 1.807) is 0 Å². The molecule has 17 heavy (non-hydrogen) atoms. The quantitative estimate of drug-likeness (QED) is 0.746. The molecule has 1 amide bonds.